The molecule has 0 aliphatic heterocycles. The number of amides is 1. The van der Waals surface area contributed by atoms with Crippen LogP contribution in [-0.2, 0) is 19.4 Å². The van der Waals surface area contributed by atoms with Gasteiger partial charge in [0.05, 0.1) is 12.8 Å². The number of rotatable bonds is 5. The molecule has 0 unspecified atom stereocenters. The van der Waals surface area contributed by atoms with Crippen molar-refractivity contribution in [1.82, 2.24) is 20.1 Å². The van der Waals surface area contributed by atoms with Crippen LogP contribution in [-0.4, -0.2) is 27.8 Å². The first-order valence-electron chi connectivity index (χ1n) is 8.69. The average Bonchev–Trinajstić information content (AvgIpc) is 3.29. The first-order valence-corrected chi connectivity index (χ1v) is 8.69. The Kier molecular flexibility index (Phi) is 4.39. The van der Waals surface area contributed by atoms with Crippen LogP contribution in [0.25, 0.3) is 5.69 Å². The van der Waals surface area contributed by atoms with E-state index in [-0.39, 0.29) is 5.91 Å². The van der Waals surface area contributed by atoms with Crippen molar-refractivity contribution in [2.24, 2.45) is 0 Å². The summed E-state index contributed by atoms with van der Waals surface area (Å²) in [7, 11) is 1.57. The summed E-state index contributed by atoms with van der Waals surface area (Å²) in [6, 6.07) is 13.6. The zero-order chi connectivity index (χ0) is 17.9. The van der Waals surface area contributed by atoms with Crippen molar-refractivity contribution in [1.29, 1.82) is 0 Å². The number of fused-ring (bicyclic) bond motifs is 1. The van der Waals surface area contributed by atoms with Crippen molar-refractivity contribution in [2.45, 2.75) is 25.8 Å². The third-order valence-corrected chi connectivity index (χ3v) is 4.61. The number of nitrogens with zero attached hydrogens (tertiary/aromatic N) is 3. The lowest BCUT2D eigenvalue weighted by Crippen LogP contribution is -2.24. The van der Waals surface area contributed by atoms with Crippen molar-refractivity contribution in [2.75, 3.05) is 7.11 Å². The van der Waals surface area contributed by atoms with E-state index in [0.29, 0.717) is 18.1 Å². The molecule has 0 radical (unpaired) electrons. The number of pyridine rings is 1. The van der Waals surface area contributed by atoms with Crippen LogP contribution in [0.2, 0.25) is 0 Å². The van der Waals surface area contributed by atoms with E-state index in [0.717, 1.165) is 41.8 Å². The number of carbonyl (C=O) groups is 1. The van der Waals surface area contributed by atoms with Gasteiger partial charge in [-0.2, -0.15) is 5.10 Å². The topological polar surface area (TPSA) is 69.0 Å². The third-order valence-electron chi connectivity index (χ3n) is 4.61. The summed E-state index contributed by atoms with van der Waals surface area (Å²) in [6.07, 6.45) is 4.57. The number of hydrogen-bond acceptors (Lipinski definition) is 4. The Bertz CT molecular complexity index is 934. The van der Waals surface area contributed by atoms with Gasteiger partial charge in [0.2, 0.25) is 5.88 Å². The number of carbonyl (C=O) groups excluding carboxylic acids is 1. The minimum Gasteiger partial charge on any atom is -0.481 e. The maximum absolute atomic E-state index is 12.7. The molecule has 0 fully saturated rings. The van der Waals surface area contributed by atoms with Gasteiger partial charge in [0, 0.05) is 30.1 Å². The number of para-hydroxylation sites is 1. The maximum Gasteiger partial charge on any atom is 0.272 e. The lowest BCUT2D eigenvalue weighted by atomic mass is 10.2. The van der Waals surface area contributed by atoms with Crippen molar-refractivity contribution < 1.29 is 9.53 Å². The van der Waals surface area contributed by atoms with Gasteiger partial charge in [-0.05, 0) is 43.0 Å². The fourth-order valence-electron chi connectivity index (χ4n) is 3.34. The molecule has 0 spiro atoms. The molecule has 3 aromatic rings. The predicted molar refractivity (Wildman–Crippen MR) is 97.5 cm³/mol. The summed E-state index contributed by atoms with van der Waals surface area (Å²) in [5, 5.41) is 7.58. The van der Waals surface area contributed by atoms with Crippen LogP contribution in [0.4, 0.5) is 0 Å². The smallest absolute Gasteiger partial charge is 0.272 e. The van der Waals surface area contributed by atoms with Crippen molar-refractivity contribution in [3.63, 3.8) is 0 Å². The molecule has 1 aliphatic rings. The number of nitrogens with one attached hydrogen (secondary N) is 1. The highest BCUT2D eigenvalue weighted by atomic mass is 16.5. The molecule has 2 aromatic heterocycles. The minimum absolute atomic E-state index is 0.145. The van der Waals surface area contributed by atoms with Crippen LogP contribution in [0.5, 0.6) is 5.88 Å². The lowest BCUT2D eigenvalue weighted by molar-refractivity contribution is 0.0944. The fraction of sp³-hybridized carbons (Fsp3) is 0.250. The van der Waals surface area contributed by atoms with Crippen LogP contribution in [0, 0.1) is 0 Å². The highest BCUT2D eigenvalue weighted by molar-refractivity contribution is 5.94. The zero-order valence-corrected chi connectivity index (χ0v) is 14.6. The monoisotopic (exact) mass is 348 g/mol. The molecular formula is C20H20N4O2. The van der Waals surface area contributed by atoms with Gasteiger partial charge in [-0.15, -0.1) is 0 Å². The van der Waals surface area contributed by atoms with E-state index in [2.05, 4.69) is 15.4 Å². The Labute approximate surface area is 151 Å². The quantitative estimate of drug-likeness (QED) is 0.770. The van der Waals surface area contributed by atoms with E-state index in [4.69, 9.17) is 4.74 Å². The average molecular weight is 348 g/mol. The molecule has 0 saturated carbocycles. The lowest BCUT2D eigenvalue weighted by Gasteiger charge is -2.06. The SMILES string of the molecule is COc1cc(CNC(=O)c2nn(-c3ccccc3)c3c2CCC3)ccn1. The molecule has 6 heteroatoms. The third kappa shape index (κ3) is 3.06. The van der Waals surface area contributed by atoms with Crippen molar-refractivity contribution in [3.8, 4) is 11.6 Å². The summed E-state index contributed by atoms with van der Waals surface area (Å²) in [4.78, 5) is 16.8. The van der Waals surface area contributed by atoms with E-state index in [1.165, 1.54) is 0 Å². The summed E-state index contributed by atoms with van der Waals surface area (Å²) in [5.41, 5.74) is 4.67. The molecule has 1 N–H and O–H groups in total. The second kappa shape index (κ2) is 7.00. The largest absolute Gasteiger partial charge is 0.481 e. The fourth-order valence-corrected chi connectivity index (χ4v) is 3.34. The Hall–Kier alpha value is -3.15. The Morgan fingerprint density at radius 3 is 2.88 bits per heavy atom. The normalized spacial score (nSPS) is 12.7. The van der Waals surface area contributed by atoms with Gasteiger partial charge < -0.3 is 10.1 Å². The Morgan fingerprint density at radius 1 is 1.23 bits per heavy atom. The second-order valence-electron chi connectivity index (χ2n) is 6.26. The molecule has 2 heterocycles. The predicted octanol–water partition coefficient (Wildman–Crippen LogP) is 2.69. The van der Waals surface area contributed by atoms with Crippen LogP contribution in [0.1, 0.15) is 33.7 Å². The van der Waals surface area contributed by atoms with Gasteiger partial charge in [-0.3, -0.25) is 4.79 Å². The van der Waals surface area contributed by atoms with Gasteiger partial charge in [0.1, 0.15) is 0 Å². The van der Waals surface area contributed by atoms with E-state index in [1.807, 2.05) is 47.1 Å². The summed E-state index contributed by atoms with van der Waals surface area (Å²) in [5.74, 6) is 0.389. The van der Waals surface area contributed by atoms with Gasteiger partial charge in [-0.25, -0.2) is 9.67 Å². The molecule has 0 bridgehead atoms. The molecular weight excluding hydrogens is 328 g/mol. The molecule has 1 aliphatic carbocycles. The number of methoxy groups -OCH3 is 1. The van der Waals surface area contributed by atoms with Crippen molar-refractivity contribution in [3.05, 3.63) is 71.2 Å². The van der Waals surface area contributed by atoms with Crippen LogP contribution >= 0.6 is 0 Å². The zero-order valence-electron chi connectivity index (χ0n) is 14.6. The van der Waals surface area contributed by atoms with E-state index in [1.54, 1.807) is 13.3 Å². The van der Waals surface area contributed by atoms with Crippen LogP contribution in [0.15, 0.2) is 48.7 Å². The summed E-state index contributed by atoms with van der Waals surface area (Å²) < 4.78 is 7.03. The standard InChI is InChI=1S/C20H20N4O2/c1-26-18-12-14(10-11-21-18)13-22-20(25)19-16-8-5-9-17(16)24(23-19)15-6-3-2-4-7-15/h2-4,6-7,10-12H,5,8-9,13H2,1H3,(H,22,25). The molecule has 132 valence electrons. The van der Waals surface area contributed by atoms with Crippen LogP contribution in [0.3, 0.4) is 0 Å². The summed E-state index contributed by atoms with van der Waals surface area (Å²) in [6.45, 7) is 0.407. The van der Waals surface area contributed by atoms with Gasteiger partial charge in [-0.1, -0.05) is 18.2 Å². The molecule has 0 atom stereocenters. The minimum atomic E-state index is -0.145. The maximum atomic E-state index is 12.7. The Morgan fingerprint density at radius 2 is 2.08 bits per heavy atom. The molecule has 1 aromatic carbocycles. The van der Waals surface area contributed by atoms with E-state index < -0.39 is 0 Å². The first kappa shape index (κ1) is 16.3. The number of ether oxygens (including phenoxy) is 1. The van der Waals surface area contributed by atoms with E-state index in [9.17, 15) is 4.79 Å². The number of hydrogen-bond donors (Lipinski definition) is 1. The Balaban J connectivity index is 1.57. The van der Waals surface area contributed by atoms with Crippen molar-refractivity contribution >= 4 is 5.91 Å². The molecule has 0 saturated heterocycles. The highest BCUT2D eigenvalue weighted by Gasteiger charge is 2.26. The highest BCUT2D eigenvalue weighted by Crippen LogP contribution is 2.27. The summed E-state index contributed by atoms with van der Waals surface area (Å²) >= 11 is 0. The first-order chi connectivity index (χ1) is 12.8. The molecule has 4 rings (SSSR count). The molecule has 6 nitrogen and oxygen atoms in total. The molecule has 26 heavy (non-hydrogen) atoms. The second-order valence-corrected chi connectivity index (χ2v) is 6.26. The van der Waals surface area contributed by atoms with Crippen LogP contribution < -0.4 is 10.1 Å². The van der Waals surface area contributed by atoms with E-state index >= 15 is 0 Å². The molecule has 1 amide bonds. The number of benzene rings is 1. The van der Waals surface area contributed by atoms with Gasteiger partial charge in [0.25, 0.3) is 5.91 Å². The van der Waals surface area contributed by atoms with Gasteiger partial charge in [0.15, 0.2) is 5.69 Å². The number of aromatic nitrogens is 3. The van der Waals surface area contributed by atoms with Gasteiger partial charge >= 0.3 is 0 Å².